The summed E-state index contributed by atoms with van der Waals surface area (Å²) < 4.78 is 17.9. The van der Waals surface area contributed by atoms with E-state index in [1.54, 1.807) is 24.3 Å². The normalized spacial score (nSPS) is 12.1. The van der Waals surface area contributed by atoms with E-state index < -0.39 is 0 Å². The maximum atomic E-state index is 12.6. The maximum Gasteiger partial charge on any atom is 0.185 e. The minimum absolute atomic E-state index is 0.0702. The highest BCUT2D eigenvalue weighted by molar-refractivity contribution is 6.06. The Morgan fingerprint density at radius 1 is 0.903 bits per heavy atom. The number of rotatable bonds is 8. The molecule has 0 fully saturated rings. The van der Waals surface area contributed by atoms with Gasteiger partial charge in [0.1, 0.15) is 28.5 Å². The number of ether oxygens (including phenoxy) is 3. The Morgan fingerprint density at radius 3 is 1.87 bits per heavy atom. The van der Waals surface area contributed by atoms with Gasteiger partial charge < -0.3 is 14.2 Å². The number of allylic oxidation sites excluding steroid dienone is 1. The summed E-state index contributed by atoms with van der Waals surface area (Å²) >= 11 is 0. The molecule has 4 heteroatoms. The highest BCUT2D eigenvalue weighted by Crippen LogP contribution is 2.34. The summed E-state index contributed by atoms with van der Waals surface area (Å²) in [6.45, 7) is 16.8. The van der Waals surface area contributed by atoms with Crippen molar-refractivity contribution in [2.45, 2.75) is 73.0 Å². The van der Waals surface area contributed by atoms with Gasteiger partial charge >= 0.3 is 0 Å². The number of carbonyl (C=O) groups excluding carboxylic acids is 1. The summed E-state index contributed by atoms with van der Waals surface area (Å²) in [5, 5.41) is 0. The van der Waals surface area contributed by atoms with Crippen LogP contribution in [-0.4, -0.2) is 23.6 Å². The molecule has 2 aromatic rings. The van der Waals surface area contributed by atoms with Gasteiger partial charge in [0.2, 0.25) is 0 Å². The summed E-state index contributed by atoms with van der Waals surface area (Å²) in [7, 11) is 0. The van der Waals surface area contributed by atoms with Crippen LogP contribution in [0.1, 0.15) is 76.4 Å². The second-order valence-electron chi connectivity index (χ2n) is 9.64. The van der Waals surface area contributed by atoms with E-state index in [1.807, 2.05) is 72.7 Å². The highest BCUT2D eigenvalue weighted by atomic mass is 16.5. The maximum absolute atomic E-state index is 12.6. The average molecular weight is 425 g/mol. The van der Waals surface area contributed by atoms with Gasteiger partial charge in [0.25, 0.3) is 0 Å². The van der Waals surface area contributed by atoms with Gasteiger partial charge in [-0.05, 0) is 103 Å². The van der Waals surface area contributed by atoms with Crippen LogP contribution >= 0.6 is 0 Å². The number of benzene rings is 2. The Kier molecular flexibility index (Phi) is 7.94. The molecule has 0 saturated carbocycles. The molecule has 0 saturated heterocycles. The van der Waals surface area contributed by atoms with Gasteiger partial charge in [0.05, 0.1) is 6.61 Å². The molecule has 2 aromatic carbocycles. The fourth-order valence-corrected chi connectivity index (χ4v) is 2.85. The van der Waals surface area contributed by atoms with Crippen LogP contribution in [0.4, 0.5) is 0 Å². The van der Waals surface area contributed by atoms with E-state index in [2.05, 4.69) is 6.92 Å². The van der Waals surface area contributed by atoms with Crippen LogP contribution in [0.3, 0.4) is 0 Å². The lowest BCUT2D eigenvalue weighted by atomic mass is 10.1. The molecular weight excluding hydrogens is 388 g/mol. The fraction of sp³-hybridized carbons (Fsp3) is 0.444. The monoisotopic (exact) mass is 424 g/mol. The molecule has 31 heavy (non-hydrogen) atoms. The third kappa shape index (κ3) is 8.12. The van der Waals surface area contributed by atoms with Crippen molar-refractivity contribution in [3.63, 3.8) is 0 Å². The van der Waals surface area contributed by atoms with E-state index in [1.165, 1.54) is 0 Å². The summed E-state index contributed by atoms with van der Waals surface area (Å²) in [6.07, 6.45) is 4.32. The zero-order chi connectivity index (χ0) is 23.2. The molecule has 2 rings (SSSR count). The van der Waals surface area contributed by atoms with Crippen molar-refractivity contribution in [1.29, 1.82) is 0 Å². The van der Waals surface area contributed by atoms with E-state index >= 15 is 0 Å². The second-order valence-corrected chi connectivity index (χ2v) is 9.64. The van der Waals surface area contributed by atoms with Gasteiger partial charge in [-0.1, -0.05) is 13.0 Å². The lowest BCUT2D eigenvalue weighted by Gasteiger charge is -2.27. The van der Waals surface area contributed by atoms with Crippen molar-refractivity contribution >= 4 is 11.9 Å². The van der Waals surface area contributed by atoms with E-state index in [-0.39, 0.29) is 17.0 Å². The SMILES string of the molecule is CCCOc1ccc(C(=O)C=Cc2cc(OC(C)(C)C)c(C)c(OC(C)(C)C)c2)cc1. The second kappa shape index (κ2) is 10.0. The Balaban J connectivity index is 2.29. The Labute approximate surface area is 187 Å². The molecule has 0 aliphatic heterocycles. The van der Waals surface area contributed by atoms with Gasteiger partial charge in [-0.3, -0.25) is 4.79 Å². The predicted molar refractivity (Wildman–Crippen MR) is 128 cm³/mol. The standard InChI is InChI=1S/C27H36O4/c1-9-16-29-22-13-11-21(12-14-22)23(28)15-10-20-17-24(30-26(3,4)5)19(2)25(18-20)31-27(6,7)8/h10-15,17-18H,9,16H2,1-8H3. The van der Waals surface area contributed by atoms with Crippen molar-refractivity contribution in [1.82, 2.24) is 0 Å². The number of hydrogen-bond acceptors (Lipinski definition) is 4. The topological polar surface area (TPSA) is 44.8 Å². The predicted octanol–water partition coefficient (Wildman–Crippen LogP) is 7.03. The lowest BCUT2D eigenvalue weighted by molar-refractivity contribution is 0.104. The van der Waals surface area contributed by atoms with Crippen molar-refractivity contribution < 1.29 is 19.0 Å². The van der Waals surface area contributed by atoms with Crippen LogP contribution in [0.25, 0.3) is 6.08 Å². The van der Waals surface area contributed by atoms with Crippen LogP contribution in [0, 0.1) is 6.92 Å². The first-order valence-electron chi connectivity index (χ1n) is 10.9. The lowest BCUT2D eigenvalue weighted by Crippen LogP contribution is -2.25. The molecule has 0 aliphatic carbocycles. The van der Waals surface area contributed by atoms with Crippen LogP contribution in [0.15, 0.2) is 42.5 Å². The quantitative estimate of drug-likeness (QED) is 0.337. The molecule has 168 valence electrons. The molecule has 4 nitrogen and oxygen atoms in total. The molecule has 0 atom stereocenters. The van der Waals surface area contributed by atoms with Crippen LogP contribution in [0.2, 0.25) is 0 Å². The van der Waals surface area contributed by atoms with Gasteiger partial charge in [0, 0.05) is 11.1 Å². The average Bonchev–Trinajstić information content (AvgIpc) is 2.66. The first-order chi connectivity index (χ1) is 14.4. The summed E-state index contributed by atoms with van der Waals surface area (Å²) in [5.41, 5.74) is 1.72. The summed E-state index contributed by atoms with van der Waals surface area (Å²) in [4.78, 5) is 12.6. The molecule has 0 bridgehead atoms. The Bertz CT molecular complexity index is 873. The van der Waals surface area contributed by atoms with E-state index in [0.29, 0.717) is 12.2 Å². The van der Waals surface area contributed by atoms with Gasteiger partial charge in [0.15, 0.2) is 5.78 Å². The van der Waals surface area contributed by atoms with E-state index in [9.17, 15) is 4.79 Å². The van der Waals surface area contributed by atoms with Crippen molar-refractivity contribution in [2.24, 2.45) is 0 Å². The molecule has 0 radical (unpaired) electrons. The van der Waals surface area contributed by atoms with Gasteiger partial charge in [-0.2, -0.15) is 0 Å². The van der Waals surface area contributed by atoms with Crippen LogP contribution < -0.4 is 14.2 Å². The molecule has 0 aromatic heterocycles. The molecule has 0 heterocycles. The first kappa shape index (κ1) is 24.5. The largest absolute Gasteiger partial charge is 0.494 e. The highest BCUT2D eigenvalue weighted by Gasteiger charge is 2.19. The van der Waals surface area contributed by atoms with Gasteiger partial charge in [-0.15, -0.1) is 0 Å². The first-order valence-corrected chi connectivity index (χ1v) is 10.9. The van der Waals surface area contributed by atoms with Crippen LogP contribution in [-0.2, 0) is 0 Å². The molecule has 0 spiro atoms. The summed E-state index contributed by atoms with van der Waals surface area (Å²) in [5.74, 6) is 2.20. The summed E-state index contributed by atoms with van der Waals surface area (Å²) in [6, 6.07) is 11.1. The van der Waals surface area contributed by atoms with Crippen molar-refractivity contribution in [3.05, 3.63) is 59.2 Å². The minimum atomic E-state index is -0.344. The van der Waals surface area contributed by atoms with E-state index in [4.69, 9.17) is 14.2 Å². The molecular formula is C27H36O4. The van der Waals surface area contributed by atoms with Crippen molar-refractivity contribution in [3.8, 4) is 17.2 Å². The molecule has 0 aliphatic rings. The zero-order valence-electron chi connectivity index (χ0n) is 20.2. The third-order valence-corrected chi connectivity index (χ3v) is 4.21. The fourth-order valence-electron chi connectivity index (χ4n) is 2.85. The molecule has 0 unspecified atom stereocenters. The number of carbonyl (C=O) groups is 1. The molecule has 0 amide bonds. The van der Waals surface area contributed by atoms with Crippen molar-refractivity contribution in [2.75, 3.05) is 6.61 Å². The molecule has 0 N–H and O–H groups in total. The smallest absolute Gasteiger partial charge is 0.185 e. The van der Waals surface area contributed by atoms with Gasteiger partial charge in [-0.25, -0.2) is 0 Å². The zero-order valence-corrected chi connectivity index (χ0v) is 20.2. The van der Waals surface area contributed by atoms with Crippen LogP contribution in [0.5, 0.6) is 17.2 Å². The number of ketones is 1. The number of hydrogen-bond donors (Lipinski definition) is 0. The minimum Gasteiger partial charge on any atom is -0.494 e. The Morgan fingerprint density at radius 2 is 1.42 bits per heavy atom. The van der Waals surface area contributed by atoms with E-state index in [0.717, 1.165) is 34.8 Å². The Hall–Kier alpha value is -2.75. The third-order valence-electron chi connectivity index (χ3n) is 4.21.